The van der Waals surface area contributed by atoms with Gasteiger partial charge in [0.2, 0.25) is 10.9 Å². The van der Waals surface area contributed by atoms with E-state index in [1.54, 1.807) is 48.5 Å². The highest BCUT2D eigenvalue weighted by Crippen LogP contribution is 2.45. The Balaban J connectivity index is 0.000000186. The Labute approximate surface area is 374 Å². The molecule has 6 aromatic rings. The van der Waals surface area contributed by atoms with Crippen LogP contribution >= 0.6 is 24.8 Å². The van der Waals surface area contributed by atoms with Crippen LogP contribution in [0.15, 0.2) is 107 Å². The summed E-state index contributed by atoms with van der Waals surface area (Å²) < 4.78 is 81.8. The van der Waals surface area contributed by atoms with Crippen molar-refractivity contribution in [2.24, 2.45) is 0 Å². The van der Waals surface area contributed by atoms with Gasteiger partial charge < -0.3 is 30.4 Å². The van der Waals surface area contributed by atoms with Crippen molar-refractivity contribution in [2.75, 3.05) is 20.4 Å². The van der Waals surface area contributed by atoms with E-state index in [2.05, 4.69) is 30.4 Å². The van der Waals surface area contributed by atoms with Crippen LogP contribution < -0.4 is 31.3 Å². The van der Waals surface area contributed by atoms with E-state index in [1.807, 2.05) is 0 Å². The third-order valence-electron chi connectivity index (χ3n) is 12.7. The zero-order valence-electron chi connectivity index (χ0n) is 33.8. The van der Waals surface area contributed by atoms with Crippen molar-refractivity contribution in [1.29, 1.82) is 0 Å². The second-order valence-corrected chi connectivity index (χ2v) is 16.3. The van der Waals surface area contributed by atoms with Crippen LogP contribution in [0.1, 0.15) is 83.2 Å². The number of halogens is 8. The van der Waals surface area contributed by atoms with Gasteiger partial charge in [0.05, 0.1) is 22.5 Å². The molecule has 64 heavy (non-hydrogen) atoms. The van der Waals surface area contributed by atoms with Crippen LogP contribution in [0, 0.1) is 0 Å². The van der Waals surface area contributed by atoms with Crippen molar-refractivity contribution in [3.63, 3.8) is 0 Å². The Morgan fingerprint density at radius 3 is 1.17 bits per heavy atom. The van der Waals surface area contributed by atoms with Crippen LogP contribution in [0.5, 0.6) is 0 Å². The predicted molar refractivity (Wildman–Crippen MR) is 239 cm³/mol. The molecule has 336 valence electrons. The van der Waals surface area contributed by atoms with Crippen molar-refractivity contribution in [3.8, 4) is 0 Å². The third kappa shape index (κ3) is 8.64. The number of hydrogen-bond acceptors (Lipinski definition) is 6. The molecular weight excluding hydrogens is 885 g/mol. The Morgan fingerprint density at radius 2 is 0.844 bits per heavy atom. The predicted octanol–water partition coefficient (Wildman–Crippen LogP) is 10.7. The van der Waals surface area contributed by atoms with Gasteiger partial charge in [-0.05, 0) is 112 Å². The van der Waals surface area contributed by atoms with E-state index in [0.29, 0.717) is 57.3 Å². The summed E-state index contributed by atoms with van der Waals surface area (Å²) in [6.07, 6.45) is 1.41. The van der Waals surface area contributed by atoms with Crippen LogP contribution in [-0.4, -0.2) is 45.9 Å². The normalized spacial score (nSPS) is 19.8. The summed E-state index contributed by atoms with van der Waals surface area (Å²) in [7, 11) is 0. The van der Waals surface area contributed by atoms with Crippen LogP contribution in [-0.2, 0) is 12.4 Å². The van der Waals surface area contributed by atoms with Crippen molar-refractivity contribution in [1.82, 2.24) is 9.97 Å². The molecule has 0 unspecified atom stereocenters. The lowest BCUT2D eigenvalue weighted by atomic mass is 10.0. The first kappa shape index (κ1) is 46.0. The minimum absolute atomic E-state index is 0. The van der Waals surface area contributed by atoms with Crippen LogP contribution in [0.25, 0.3) is 21.8 Å². The third-order valence-corrected chi connectivity index (χ3v) is 12.7. The summed E-state index contributed by atoms with van der Waals surface area (Å²) in [4.78, 5) is 61.1. The van der Waals surface area contributed by atoms with Crippen LogP contribution in [0.2, 0.25) is 0 Å². The van der Waals surface area contributed by atoms with E-state index in [-0.39, 0.29) is 47.3 Å². The van der Waals surface area contributed by atoms with Gasteiger partial charge >= 0.3 is 12.4 Å². The minimum atomic E-state index is -4.64. The number of aromatic nitrogens is 2. The number of nitrogens with one attached hydrogen (secondary N) is 4. The summed E-state index contributed by atoms with van der Waals surface area (Å²) in [6.45, 7) is 0. The van der Waals surface area contributed by atoms with Crippen LogP contribution in [0.4, 0.5) is 49.1 Å². The standard InChI is InChI=1S/2C23H20F3N3O2.2ClH/c2*24-23(25,26)18-10-9-15(29-13-5-6-14(29)8-7-13)11-20(18)28-22(31)17-12-27-19-4-2-1-3-16(19)21(17)30;;/h2*1-4,9-14H,5-8H2,(H,27,30)(H,28,31);2*1H. The first-order chi connectivity index (χ1) is 29.7. The van der Waals surface area contributed by atoms with Gasteiger partial charge in [0.15, 0.2) is 0 Å². The first-order valence-electron chi connectivity index (χ1n) is 20.5. The van der Waals surface area contributed by atoms with Gasteiger partial charge in [-0.3, -0.25) is 19.2 Å². The van der Waals surface area contributed by atoms with Gasteiger partial charge in [-0.2, -0.15) is 26.3 Å². The number of H-pyrrole nitrogens is 2. The Hall–Kier alpha value is -6.00. The van der Waals surface area contributed by atoms with E-state index in [4.69, 9.17) is 0 Å². The van der Waals surface area contributed by atoms with Gasteiger partial charge in [0.1, 0.15) is 11.1 Å². The molecule has 4 bridgehead atoms. The second kappa shape index (κ2) is 17.9. The van der Waals surface area contributed by atoms with Gasteiger partial charge in [0.25, 0.3) is 11.8 Å². The number of amides is 2. The Morgan fingerprint density at radius 1 is 0.516 bits per heavy atom. The van der Waals surface area contributed by atoms with Gasteiger partial charge in [-0.25, -0.2) is 0 Å². The molecule has 4 aliphatic heterocycles. The molecular formula is C46H42Cl2F6N6O4. The maximum absolute atomic E-state index is 13.6. The molecule has 2 aromatic heterocycles. The number of carbonyl (C=O) groups excluding carboxylic acids is 2. The summed E-state index contributed by atoms with van der Waals surface area (Å²) >= 11 is 0. The number of rotatable bonds is 6. The second-order valence-electron chi connectivity index (χ2n) is 16.3. The van der Waals surface area contributed by atoms with Crippen molar-refractivity contribution in [2.45, 2.75) is 87.9 Å². The van der Waals surface area contributed by atoms with Crippen LogP contribution in [0.3, 0.4) is 0 Å². The fraction of sp³-hybridized carbons (Fsp3) is 0.304. The highest BCUT2D eigenvalue weighted by molar-refractivity contribution is 6.07. The molecule has 10 nitrogen and oxygen atoms in total. The summed E-state index contributed by atoms with van der Waals surface area (Å²) in [5.41, 5.74) is -1.66. The molecule has 0 aliphatic carbocycles. The average molecular weight is 928 g/mol. The molecule has 4 fully saturated rings. The van der Waals surface area contributed by atoms with Gasteiger partial charge in [-0.15, -0.1) is 24.8 Å². The number of aromatic amines is 2. The molecule has 0 atom stereocenters. The monoisotopic (exact) mass is 926 g/mol. The quantitative estimate of drug-likeness (QED) is 0.123. The molecule has 2 amide bonds. The maximum atomic E-state index is 13.6. The summed E-state index contributed by atoms with van der Waals surface area (Å²) in [6, 6.07) is 22.3. The lowest BCUT2D eigenvalue weighted by Gasteiger charge is -2.26. The first-order valence-corrected chi connectivity index (χ1v) is 20.5. The topological polar surface area (TPSA) is 130 Å². The molecule has 4 N–H and O–H groups in total. The van der Waals surface area contributed by atoms with Gasteiger partial charge in [-0.1, -0.05) is 24.3 Å². The molecule has 4 saturated heterocycles. The highest BCUT2D eigenvalue weighted by Gasteiger charge is 2.42. The minimum Gasteiger partial charge on any atom is -0.365 e. The Kier molecular flexibility index (Phi) is 12.8. The number of anilines is 4. The lowest BCUT2D eigenvalue weighted by Crippen LogP contribution is -2.28. The fourth-order valence-corrected chi connectivity index (χ4v) is 9.81. The number of para-hydroxylation sites is 2. The Bertz CT molecular complexity index is 2630. The maximum Gasteiger partial charge on any atom is 0.418 e. The number of pyridine rings is 2. The largest absolute Gasteiger partial charge is 0.418 e. The summed E-state index contributed by atoms with van der Waals surface area (Å²) in [5.74, 6) is -1.75. The van der Waals surface area contributed by atoms with E-state index in [9.17, 15) is 45.5 Å². The van der Waals surface area contributed by atoms with Gasteiger partial charge in [0, 0.05) is 69.7 Å². The molecule has 4 aliphatic rings. The molecule has 4 aromatic carbocycles. The SMILES string of the molecule is Cl.Cl.O=C(Nc1cc(N2C3CCC2CC3)ccc1C(F)(F)F)c1c[nH]c2ccccc2c1=O.O=C(Nc1cc(N2C3CCC2CC3)ccc1C(F)(F)F)c1c[nH]c2ccccc2c1=O. The molecule has 10 rings (SSSR count). The zero-order valence-corrected chi connectivity index (χ0v) is 35.4. The molecule has 18 heteroatoms. The number of hydrogen-bond donors (Lipinski definition) is 4. The van der Waals surface area contributed by atoms with E-state index in [0.717, 1.165) is 63.5 Å². The average Bonchev–Trinajstić information content (AvgIpc) is 4.06. The van der Waals surface area contributed by atoms with Crippen molar-refractivity contribution < 1.29 is 35.9 Å². The number of benzene rings is 4. The number of nitrogens with zero attached hydrogens (tertiary/aromatic N) is 2. The number of fused-ring (bicyclic) bond motifs is 6. The van der Waals surface area contributed by atoms with E-state index in [1.165, 1.54) is 36.7 Å². The zero-order chi connectivity index (χ0) is 43.5. The fourth-order valence-electron chi connectivity index (χ4n) is 9.81. The molecule has 0 saturated carbocycles. The number of alkyl halides is 6. The number of carbonyl (C=O) groups is 2. The summed E-state index contributed by atoms with van der Waals surface area (Å²) in [5, 5.41) is 5.29. The smallest absolute Gasteiger partial charge is 0.365 e. The van der Waals surface area contributed by atoms with E-state index < -0.39 is 46.2 Å². The van der Waals surface area contributed by atoms with Crippen molar-refractivity contribution in [3.05, 3.63) is 140 Å². The lowest BCUT2D eigenvalue weighted by molar-refractivity contribution is -0.137. The highest BCUT2D eigenvalue weighted by atomic mass is 35.5. The molecule has 0 spiro atoms. The van der Waals surface area contributed by atoms with E-state index >= 15 is 0 Å². The molecule has 0 radical (unpaired) electrons. The molecule has 6 heterocycles. The van der Waals surface area contributed by atoms with Crippen molar-refractivity contribution >= 4 is 81.2 Å².